The number of hydrogen-bond acceptors (Lipinski definition) is 4. The fourth-order valence-electron chi connectivity index (χ4n) is 4.29. The second-order valence-electron chi connectivity index (χ2n) is 8.81. The molecule has 10 heteroatoms. The smallest absolute Gasteiger partial charge is 0.244 e. The minimum Gasteiger partial charge on any atom is -0.352 e. The van der Waals surface area contributed by atoms with E-state index in [0.717, 1.165) is 48.4 Å². The Morgan fingerprint density at radius 1 is 1.00 bits per heavy atom. The summed E-state index contributed by atoms with van der Waals surface area (Å²) in [5, 5.41) is 3.02. The van der Waals surface area contributed by atoms with E-state index in [4.69, 9.17) is 0 Å². The van der Waals surface area contributed by atoms with Crippen molar-refractivity contribution < 1.29 is 26.8 Å². The van der Waals surface area contributed by atoms with Crippen molar-refractivity contribution in [2.24, 2.45) is 0 Å². The van der Waals surface area contributed by atoms with Crippen LogP contribution in [0.3, 0.4) is 0 Å². The molecule has 35 heavy (non-hydrogen) atoms. The summed E-state index contributed by atoms with van der Waals surface area (Å²) in [7, 11) is -3.90. The Morgan fingerprint density at radius 2 is 1.54 bits per heavy atom. The molecule has 1 saturated carbocycles. The van der Waals surface area contributed by atoms with E-state index in [2.05, 4.69) is 5.32 Å². The van der Waals surface area contributed by atoms with E-state index in [-0.39, 0.29) is 24.2 Å². The number of sulfonamides is 1. The first-order valence-corrected chi connectivity index (χ1v) is 13.5. The highest BCUT2D eigenvalue weighted by Gasteiger charge is 2.33. The number of nitrogens with zero attached hydrogens (tertiary/aromatic N) is 2. The molecule has 0 aliphatic heterocycles. The number of anilines is 1. The lowest BCUT2D eigenvalue weighted by Gasteiger charge is -2.33. The summed E-state index contributed by atoms with van der Waals surface area (Å²) >= 11 is 0. The van der Waals surface area contributed by atoms with E-state index >= 15 is 0 Å². The maximum atomic E-state index is 13.5. The Morgan fingerprint density at radius 3 is 2.06 bits per heavy atom. The molecule has 0 spiro atoms. The molecule has 7 nitrogen and oxygen atoms in total. The first kappa shape index (κ1) is 26.6. The van der Waals surface area contributed by atoms with Crippen LogP contribution in [-0.2, 0) is 26.2 Å². The van der Waals surface area contributed by atoms with Gasteiger partial charge in [-0.25, -0.2) is 17.2 Å². The molecule has 1 fully saturated rings. The van der Waals surface area contributed by atoms with Crippen LogP contribution in [0.2, 0.25) is 0 Å². The molecular weight excluding hydrogens is 476 g/mol. The summed E-state index contributed by atoms with van der Waals surface area (Å²) in [6.07, 6.45) is 5.07. The third-order valence-electron chi connectivity index (χ3n) is 6.15. The van der Waals surface area contributed by atoms with Gasteiger partial charge >= 0.3 is 0 Å². The number of nitrogens with one attached hydrogen (secondary N) is 1. The number of rotatable bonds is 10. The molecule has 1 aliphatic carbocycles. The van der Waals surface area contributed by atoms with Gasteiger partial charge in [-0.15, -0.1) is 0 Å². The first-order chi connectivity index (χ1) is 16.6. The molecule has 0 heterocycles. The van der Waals surface area contributed by atoms with Gasteiger partial charge in [0.15, 0.2) is 0 Å². The van der Waals surface area contributed by atoms with Gasteiger partial charge in [-0.1, -0.05) is 31.9 Å². The van der Waals surface area contributed by atoms with Crippen LogP contribution < -0.4 is 9.62 Å². The van der Waals surface area contributed by atoms with E-state index < -0.39 is 40.2 Å². The van der Waals surface area contributed by atoms with Gasteiger partial charge < -0.3 is 10.2 Å². The van der Waals surface area contributed by atoms with Crippen molar-refractivity contribution in [2.75, 3.05) is 17.1 Å². The largest absolute Gasteiger partial charge is 0.352 e. The van der Waals surface area contributed by atoms with Gasteiger partial charge in [0.1, 0.15) is 24.2 Å². The second kappa shape index (κ2) is 11.6. The Balaban J connectivity index is 1.90. The van der Waals surface area contributed by atoms with Gasteiger partial charge in [-0.2, -0.15) is 0 Å². The lowest BCUT2D eigenvalue weighted by Crippen LogP contribution is -2.53. The lowest BCUT2D eigenvalue weighted by molar-refractivity contribution is -0.140. The molecule has 1 N–H and O–H groups in total. The van der Waals surface area contributed by atoms with Crippen LogP contribution in [0.1, 0.15) is 44.6 Å². The van der Waals surface area contributed by atoms with Gasteiger partial charge in [-0.05, 0) is 61.2 Å². The molecular formula is C25H31F2N3O4S. The summed E-state index contributed by atoms with van der Waals surface area (Å²) < 4.78 is 52.8. The standard InChI is InChI=1S/C25H31F2N3O4S/c1-3-23(25(32)28-21-6-4-5-7-21)29(16-18-8-10-19(26)11-9-18)24(31)17-30(35(2,33)34)22-14-12-20(27)13-15-22/h8-15,21,23H,3-7,16-17H2,1-2H3,(H,28,32)/t23-/m0/s1. The maximum Gasteiger partial charge on any atom is 0.244 e. The molecule has 190 valence electrons. The highest BCUT2D eigenvalue weighted by molar-refractivity contribution is 7.92. The van der Waals surface area contributed by atoms with Crippen LogP contribution in [0, 0.1) is 11.6 Å². The van der Waals surface area contributed by atoms with Crippen molar-refractivity contribution in [3.8, 4) is 0 Å². The summed E-state index contributed by atoms with van der Waals surface area (Å²) in [6, 6.07) is 9.54. The molecule has 3 rings (SSSR count). The lowest BCUT2D eigenvalue weighted by atomic mass is 10.1. The summed E-state index contributed by atoms with van der Waals surface area (Å²) in [5.41, 5.74) is 0.729. The fraction of sp³-hybridized carbons (Fsp3) is 0.440. The number of carbonyl (C=O) groups excluding carboxylic acids is 2. The van der Waals surface area contributed by atoms with E-state index in [1.54, 1.807) is 6.92 Å². The third-order valence-corrected chi connectivity index (χ3v) is 7.29. The Bertz CT molecular complexity index is 1120. The van der Waals surface area contributed by atoms with Crippen LogP contribution in [0.5, 0.6) is 0 Å². The predicted molar refractivity (Wildman–Crippen MR) is 130 cm³/mol. The molecule has 2 aromatic rings. The van der Waals surface area contributed by atoms with Crippen LogP contribution in [0.25, 0.3) is 0 Å². The molecule has 1 atom stereocenters. The molecule has 0 radical (unpaired) electrons. The van der Waals surface area contributed by atoms with Crippen molar-refractivity contribution in [1.82, 2.24) is 10.2 Å². The normalized spacial score (nSPS) is 15.0. The van der Waals surface area contributed by atoms with Gasteiger partial charge in [0.2, 0.25) is 21.8 Å². The number of amides is 2. The predicted octanol–water partition coefficient (Wildman–Crippen LogP) is 3.60. The summed E-state index contributed by atoms with van der Waals surface area (Å²) in [6.45, 7) is 1.20. The summed E-state index contributed by atoms with van der Waals surface area (Å²) in [4.78, 5) is 28.1. The average Bonchev–Trinajstić information content (AvgIpc) is 3.31. The highest BCUT2D eigenvalue weighted by Crippen LogP contribution is 2.22. The van der Waals surface area contributed by atoms with Crippen LogP contribution >= 0.6 is 0 Å². The SMILES string of the molecule is CC[C@@H](C(=O)NC1CCCC1)N(Cc1ccc(F)cc1)C(=O)CN(c1ccc(F)cc1)S(C)(=O)=O. The monoisotopic (exact) mass is 507 g/mol. The zero-order chi connectivity index (χ0) is 25.6. The van der Waals surface area contributed by atoms with Crippen molar-refractivity contribution in [3.05, 3.63) is 65.7 Å². The van der Waals surface area contributed by atoms with Crippen molar-refractivity contribution in [3.63, 3.8) is 0 Å². The molecule has 2 aromatic carbocycles. The second-order valence-corrected chi connectivity index (χ2v) is 10.7. The molecule has 0 saturated heterocycles. The molecule has 2 amide bonds. The number of benzene rings is 2. The molecule has 0 bridgehead atoms. The Hall–Kier alpha value is -3.01. The number of hydrogen-bond donors (Lipinski definition) is 1. The molecule has 0 aromatic heterocycles. The zero-order valence-electron chi connectivity index (χ0n) is 19.9. The van der Waals surface area contributed by atoms with Crippen molar-refractivity contribution >= 4 is 27.5 Å². The Kier molecular flexibility index (Phi) is 8.82. The van der Waals surface area contributed by atoms with Gasteiger partial charge in [-0.3, -0.25) is 13.9 Å². The maximum absolute atomic E-state index is 13.5. The van der Waals surface area contributed by atoms with E-state index in [1.807, 2.05) is 0 Å². The number of carbonyl (C=O) groups is 2. The quantitative estimate of drug-likeness (QED) is 0.533. The van der Waals surface area contributed by atoms with Crippen molar-refractivity contribution in [2.45, 2.75) is 57.7 Å². The summed E-state index contributed by atoms with van der Waals surface area (Å²) in [5.74, 6) is -1.88. The molecule has 0 unspecified atom stereocenters. The third kappa shape index (κ3) is 7.24. The van der Waals surface area contributed by atoms with Gasteiger partial charge in [0.25, 0.3) is 0 Å². The average molecular weight is 508 g/mol. The minimum absolute atomic E-state index is 0.00325. The first-order valence-electron chi connectivity index (χ1n) is 11.7. The zero-order valence-corrected chi connectivity index (χ0v) is 20.7. The Labute approximate surface area is 205 Å². The topological polar surface area (TPSA) is 86.8 Å². The van der Waals surface area contributed by atoms with Crippen LogP contribution in [0.15, 0.2) is 48.5 Å². The van der Waals surface area contributed by atoms with Crippen LogP contribution in [-0.4, -0.2) is 50.0 Å². The number of halogens is 2. The van der Waals surface area contributed by atoms with Crippen molar-refractivity contribution in [1.29, 1.82) is 0 Å². The van der Waals surface area contributed by atoms with E-state index in [0.29, 0.717) is 12.0 Å². The molecule has 1 aliphatic rings. The minimum atomic E-state index is -3.90. The van der Waals surface area contributed by atoms with Gasteiger partial charge in [0.05, 0.1) is 11.9 Å². The van der Waals surface area contributed by atoms with E-state index in [9.17, 15) is 26.8 Å². The highest BCUT2D eigenvalue weighted by atomic mass is 32.2. The van der Waals surface area contributed by atoms with E-state index in [1.165, 1.54) is 41.3 Å². The van der Waals surface area contributed by atoms with Gasteiger partial charge in [0, 0.05) is 12.6 Å². The fourth-order valence-corrected chi connectivity index (χ4v) is 5.14. The van der Waals surface area contributed by atoms with Crippen LogP contribution in [0.4, 0.5) is 14.5 Å².